The van der Waals surface area contributed by atoms with Crippen LogP contribution < -0.4 is 0 Å². The SMILES string of the molecule is O=C(O)OCCC(OC(=O)O)Sc1nc2ccccc2o1. The Hall–Kier alpha value is -2.42. The van der Waals surface area contributed by atoms with Crippen molar-refractivity contribution in [3.8, 4) is 0 Å². The van der Waals surface area contributed by atoms with E-state index in [1.807, 2.05) is 0 Å². The lowest BCUT2D eigenvalue weighted by atomic mass is 10.3. The van der Waals surface area contributed by atoms with Gasteiger partial charge < -0.3 is 24.1 Å². The Bertz CT molecular complexity index is 608. The molecule has 0 saturated heterocycles. The van der Waals surface area contributed by atoms with Crippen LogP contribution in [0.3, 0.4) is 0 Å². The summed E-state index contributed by atoms with van der Waals surface area (Å²) >= 11 is 0.941. The zero-order valence-corrected chi connectivity index (χ0v) is 11.4. The number of hydrogen-bond donors (Lipinski definition) is 2. The van der Waals surface area contributed by atoms with E-state index in [0.717, 1.165) is 11.8 Å². The van der Waals surface area contributed by atoms with Crippen LogP contribution in [-0.2, 0) is 9.47 Å². The second kappa shape index (κ2) is 6.84. The lowest BCUT2D eigenvalue weighted by Gasteiger charge is -2.12. The lowest BCUT2D eigenvalue weighted by molar-refractivity contribution is 0.0599. The van der Waals surface area contributed by atoms with Crippen molar-refractivity contribution < 1.29 is 33.7 Å². The summed E-state index contributed by atoms with van der Waals surface area (Å²) in [5.41, 5.74) is 0.321. The number of carbonyl (C=O) groups is 2. The first kappa shape index (κ1) is 15.0. The Morgan fingerprint density at radius 2 is 2.05 bits per heavy atom. The van der Waals surface area contributed by atoms with E-state index in [2.05, 4.69) is 14.5 Å². The maximum atomic E-state index is 10.6. The maximum Gasteiger partial charge on any atom is 0.506 e. The minimum Gasteiger partial charge on any atom is -0.450 e. The van der Waals surface area contributed by atoms with Crippen LogP contribution in [0, 0.1) is 0 Å². The quantitative estimate of drug-likeness (QED) is 0.471. The number of carboxylic acid groups (broad SMARTS) is 2. The third-order valence-electron chi connectivity index (χ3n) is 2.32. The molecule has 1 atom stereocenters. The molecule has 0 aliphatic heterocycles. The van der Waals surface area contributed by atoms with Gasteiger partial charge in [0.1, 0.15) is 5.52 Å². The minimum atomic E-state index is -1.47. The van der Waals surface area contributed by atoms with Crippen molar-refractivity contribution in [2.45, 2.75) is 17.1 Å². The van der Waals surface area contributed by atoms with Gasteiger partial charge in [-0.05, 0) is 23.9 Å². The molecule has 2 aromatic rings. The smallest absolute Gasteiger partial charge is 0.450 e. The number of hydrogen-bond acceptors (Lipinski definition) is 7. The summed E-state index contributed by atoms with van der Waals surface area (Å²) in [6.07, 6.45) is -2.86. The monoisotopic (exact) mass is 313 g/mol. The van der Waals surface area contributed by atoms with Crippen LogP contribution in [0.25, 0.3) is 11.1 Å². The fraction of sp³-hybridized carbons (Fsp3) is 0.250. The van der Waals surface area contributed by atoms with Gasteiger partial charge in [0.05, 0.1) is 6.61 Å². The molecule has 1 unspecified atom stereocenters. The molecule has 1 aromatic heterocycles. The summed E-state index contributed by atoms with van der Waals surface area (Å²) in [4.78, 5) is 25.1. The maximum absolute atomic E-state index is 10.6. The molecule has 0 bridgehead atoms. The minimum absolute atomic E-state index is 0.0436. The van der Waals surface area contributed by atoms with E-state index in [9.17, 15) is 9.59 Å². The first-order chi connectivity index (χ1) is 10.0. The van der Waals surface area contributed by atoms with Crippen molar-refractivity contribution in [2.24, 2.45) is 0 Å². The van der Waals surface area contributed by atoms with Gasteiger partial charge in [-0.25, -0.2) is 14.6 Å². The van der Waals surface area contributed by atoms with Gasteiger partial charge in [-0.2, -0.15) is 0 Å². The van der Waals surface area contributed by atoms with E-state index in [-0.39, 0.29) is 18.3 Å². The highest BCUT2D eigenvalue weighted by Gasteiger charge is 2.19. The molecule has 0 amide bonds. The van der Waals surface area contributed by atoms with Crippen molar-refractivity contribution >= 4 is 35.2 Å². The van der Waals surface area contributed by atoms with Gasteiger partial charge in [0, 0.05) is 6.42 Å². The average molecular weight is 313 g/mol. The third kappa shape index (κ3) is 4.56. The molecule has 0 fully saturated rings. The van der Waals surface area contributed by atoms with E-state index >= 15 is 0 Å². The van der Waals surface area contributed by atoms with E-state index in [1.165, 1.54) is 0 Å². The number of fused-ring (bicyclic) bond motifs is 1. The molecular formula is C12H11NO7S. The Labute approximate surface area is 122 Å². The fourth-order valence-electron chi connectivity index (χ4n) is 1.51. The molecule has 0 saturated carbocycles. The zero-order chi connectivity index (χ0) is 15.2. The van der Waals surface area contributed by atoms with Crippen LogP contribution in [0.4, 0.5) is 9.59 Å². The number of aromatic nitrogens is 1. The van der Waals surface area contributed by atoms with E-state index in [4.69, 9.17) is 14.6 Å². The lowest BCUT2D eigenvalue weighted by Crippen LogP contribution is -2.16. The number of oxazole rings is 1. The Balaban J connectivity index is 2.02. The topological polar surface area (TPSA) is 119 Å². The highest BCUT2D eigenvalue weighted by Crippen LogP contribution is 2.28. The van der Waals surface area contributed by atoms with Crippen molar-refractivity contribution in [1.82, 2.24) is 4.98 Å². The summed E-state index contributed by atoms with van der Waals surface area (Å²) in [5.74, 6) is 0. The van der Waals surface area contributed by atoms with Crippen molar-refractivity contribution in [3.63, 3.8) is 0 Å². The van der Waals surface area contributed by atoms with Gasteiger partial charge in [-0.1, -0.05) is 12.1 Å². The van der Waals surface area contributed by atoms with Gasteiger partial charge in [0.2, 0.25) is 0 Å². The van der Waals surface area contributed by atoms with Gasteiger partial charge in [-0.15, -0.1) is 0 Å². The van der Waals surface area contributed by atoms with Gasteiger partial charge in [0.15, 0.2) is 11.0 Å². The average Bonchev–Trinajstić information content (AvgIpc) is 2.79. The van der Waals surface area contributed by atoms with E-state index < -0.39 is 17.7 Å². The first-order valence-electron chi connectivity index (χ1n) is 5.82. The summed E-state index contributed by atoms with van der Waals surface area (Å²) in [5, 5.41) is 17.3. The zero-order valence-electron chi connectivity index (χ0n) is 10.6. The third-order valence-corrected chi connectivity index (χ3v) is 3.29. The molecule has 0 aliphatic carbocycles. The van der Waals surface area contributed by atoms with Crippen LogP contribution in [0.15, 0.2) is 33.9 Å². The number of benzene rings is 1. The second-order valence-corrected chi connectivity index (χ2v) is 4.89. The van der Waals surface area contributed by atoms with Crippen molar-refractivity contribution in [3.05, 3.63) is 24.3 Å². The number of ether oxygens (including phenoxy) is 2. The second-order valence-electron chi connectivity index (χ2n) is 3.78. The Morgan fingerprint density at radius 1 is 1.29 bits per heavy atom. The summed E-state index contributed by atoms with van der Waals surface area (Å²) < 4.78 is 14.4. The Morgan fingerprint density at radius 3 is 2.71 bits per heavy atom. The van der Waals surface area contributed by atoms with E-state index in [1.54, 1.807) is 24.3 Å². The Kier molecular flexibility index (Phi) is 4.88. The van der Waals surface area contributed by atoms with Crippen molar-refractivity contribution in [2.75, 3.05) is 6.61 Å². The van der Waals surface area contributed by atoms with Crippen LogP contribution in [0.5, 0.6) is 0 Å². The predicted octanol–water partition coefficient (Wildman–Crippen LogP) is 3.03. The van der Waals surface area contributed by atoms with Crippen LogP contribution in [0.1, 0.15) is 6.42 Å². The molecule has 2 N–H and O–H groups in total. The standard InChI is InChI=1S/C12H11NO7S/c14-11(15)18-6-5-9(20-12(16)17)21-10-13-7-3-1-2-4-8(7)19-10/h1-4,9H,5-6H2,(H,14,15)(H,16,17). The molecule has 112 valence electrons. The van der Waals surface area contributed by atoms with E-state index in [0.29, 0.717) is 11.1 Å². The largest absolute Gasteiger partial charge is 0.506 e. The molecule has 2 rings (SSSR count). The molecular weight excluding hydrogens is 302 g/mol. The molecule has 1 heterocycles. The van der Waals surface area contributed by atoms with Gasteiger partial charge >= 0.3 is 12.3 Å². The normalized spacial score (nSPS) is 12.0. The molecule has 8 nitrogen and oxygen atoms in total. The number of thioether (sulfide) groups is 1. The number of rotatable bonds is 6. The van der Waals surface area contributed by atoms with Crippen molar-refractivity contribution in [1.29, 1.82) is 0 Å². The molecule has 21 heavy (non-hydrogen) atoms. The molecule has 0 spiro atoms. The summed E-state index contributed by atoms with van der Waals surface area (Å²) in [6, 6.07) is 7.07. The number of nitrogens with zero attached hydrogens (tertiary/aromatic N) is 1. The summed E-state index contributed by atoms with van der Waals surface area (Å²) in [7, 11) is 0. The van der Waals surface area contributed by atoms with Gasteiger partial charge in [0.25, 0.3) is 5.22 Å². The first-order valence-corrected chi connectivity index (χ1v) is 6.70. The van der Waals surface area contributed by atoms with Crippen LogP contribution >= 0.6 is 11.8 Å². The highest BCUT2D eigenvalue weighted by atomic mass is 32.2. The highest BCUT2D eigenvalue weighted by molar-refractivity contribution is 7.99. The van der Waals surface area contributed by atoms with Crippen LogP contribution in [-0.4, -0.2) is 39.6 Å². The number of para-hydroxylation sites is 2. The molecule has 0 radical (unpaired) electrons. The van der Waals surface area contributed by atoms with Crippen LogP contribution in [0.2, 0.25) is 0 Å². The molecule has 0 aliphatic rings. The predicted molar refractivity (Wildman–Crippen MR) is 71.4 cm³/mol. The summed E-state index contributed by atoms with van der Waals surface area (Å²) in [6.45, 7) is -0.194. The van der Waals surface area contributed by atoms with Gasteiger partial charge in [-0.3, -0.25) is 0 Å². The molecule has 1 aromatic carbocycles. The molecule has 9 heteroatoms. The fourth-order valence-corrected chi connectivity index (χ4v) is 2.37.